The number of benzene rings is 2. The molecule has 0 aliphatic carbocycles. The molecule has 34 heavy (non-hydrogen) atoms. The van der Waals surface area contributed by atoms with E-state index in [4.69, 9.17) is 14.4 Å². The zero-order valence-corrected chi connectivity index (χ0v) is 17.9. The molecule has 1 aliphatic rings. The first-order valence-electron chi connectivity index (χ1n) is 9.64. The average Bonchev–Trinajstić information content (AvgIpc) is 2.80. The van der Waals surface area contributed by atoms with Crippen molar-refractivity contribution >= 4 is 17.8 Å². The summed E-state index contributed by atoms with van der Waals surface area (Å²) in [6, 6.07) is 5.23. The number of ether oxygens (including phenoxy) is 2. The molecule has 0 saturated heterocycles. The van der Waals surface area contributed by atoms with Crippen LogP contribution in [0.4, 0.5) is 24.1 Å². The number of hydrogen-bond donors (Lipinski definition) is 1. The van der Waals surface area contributed by atoms with Crippen molar-refractivity contribution in [3.63, 3.8) is 0 Å². The summed E-state index contributed by atoms with van der Waals surface area (Å²) in [7, 11) is 2.61. The monoisotopic (exact) mass is 479 g/mol. The van der Waals surface area contributed by atoms with Crippen LogP contribution in [0.25, 0.3) is 0 Å². The highest BCUT2D eigenvalue weighted by Gasteiger charge is 2.41. The molecule has 3 amide bonds. The number of urea groups is 1. The summed E-state index contributed by atoms with van der Waals surface area (Å²) in [6.07, 6.45) is -1.19. The normalized spacial score (nSPS) is 15.8. The van der Waals surface area contributed by atoms with E-state index in [2.05, 4.69) is 10.2 Å². The first-order valence-corrected chi connectivity index (χ1v) is 9.64. The summed E-state index contributed by atoms with van der Waals surface area (Å²) in [5, 5.41) is 13.3. The molecule has 0 saturated carbocycles. The highest BCUT2D eigenvalue weighted by molar-refractivity contribution is 5.95. The van der Waals surface area contributed by atoms with Crippen LogP contribution in [-0.4, -0.2) is 49.4 Å². The minimum absolute atomic E-state index is 0.0395. The number of non-ortho nitro benzene ring substituents is 1. The first-order chi connectivity index (χ1) is 16.3. The lowest BCUT2D eigenvalue weighted by atomic mass is 9.94. The molecule has 0 radical (unpaired) electrons. The number of methoxy groups -OCH3 is 1. The van der Waals surface area contributed by atoms with Gasteiger partial charge in [-0.3, -0.25) is 10.1 Å². The van der Waals surface area contributed by atoms with E-state index in [1.54, 1.807) is 0 Å². The lowest BCUT2D eigenvalue weighted by molar-refractivity contribution is -0.384. The van der Waals surface area contributed by atoms with Gasteiger partial charge in [0.25, 0.3) is 5.69 Å². The van der Waals surface area contributed by atoms with Crippen LogP contribution in [0.3, 0.4) is 0 Å². The van der Waals surface area contributed by atoms with Crippen molar-refractivity contribution in [1.82, 2.24) is 10.2 Å². The van der Waals surface area contributed by atoms with Gasteiger partial charge < -0.3 is 14.8 Å². The van der Waals surface area contributed by atoms with Gasteiger partial charge in [0.1, 0.15) is 12.4 Å². The molecule has 1 atom stereocenters. The maximum atomic E-state index is 14.1. The Morgan fingerprint density at radius 3 is 2.41 bits per heavy atom. The second kappa shape index (κ2) is 10.8. The summed E-state index contributed by atoms with van der Waals surface area (Å²) >= 11 is 0. The molecule has 0 bridgehead atoms. The molecule has 3 rings (SSSR count). The smallest absolute Gasteiger partial charge is 0.410 e. The van der Waals surface area contributed by atoms with E-state index >= 15 is 0 Å². The SMILES string of the molecule is COCC1=C(COOC)C(c2ccc(F)c(F)c2)N(C(=O)Oc2ccc([N+](=O)[O-])cc2)C(=O)N1. The van der Waals surface area contributed by atoms with Crippen LogP contribution in [0.1, 0.15) is 11.6 Å². The lowest BCUT2D eigenvalue weighted by Crippen LogP contribution is -2.52. The van der Waals surface area contributed by atoms with Crippen LogP contribution >= 0.6 is 0 Å². The number of halogens is 2. The molecule has 1 aliphatic heterocycles. The Morgan fingerprint density at radius 1 is 1.12 bits per heavy atom. The van der Waals surface area contributed by atoms with Crippen LogP contribution in [0.5, 0.6) is 5.75 Å². The zero-order chi connectivity index (χ0) is 24.8. The maximum Gasteiger partial charge on any atom is 0.424 e. The van der Waals surface area contributed by atoms with Gasteiger partial charge in [-0.2, -0.15) is 0 Å². The van der Waals surface area contributed by atoms with Crippen LogP contribution < -0.4 is 10.1 Å². The molecule has 0 fully saturated rings. The van der Waals surface area contributed by atoms with E-state index in [9.17, 15) is 28.5 Å². The van der Waals surface area contributed by atoms with E-state index in [1.807, 2.05) is 0 Å². The Morgan fingerprint density at radius 2 is 1.82 bits per heavy atom. The standard InChI is InChI=1S/C21H19F2N3O8/c1-31-11-18-15(10-33-32-2)19(12-3-8-16(22)17(23)9-12)25(20(27)24-18)21(28)34-14-6-4-13(5-7-14)26(29)30/h3-9,19H,10-11H2,1-2H3,(H,24,27). The van der Waals surface area contributed by atoms with Crippen molar-refractivity contribution in [2.24, 2.45) is 0 Å². The molecule has 180 valence electrons. The third kappa shape index (κ3) is 5.33. The molecule has 2 aromatic rings. The number of nitro benzene ring substituents is 1. The molecule has 11 nitrogen and oxygen atoms in total. The van der Waals surface area contributed by atoms with E-state index in [1.165, 1.54) is 32.4 Å². The number of hydrogen-bond acceptors (Lipinski definition) is 8. The summed E-state index contributed by atoms with van der Waals surface area (Å²) in [4.78, 5) is 46.4. The van der Waals surface area contributed by atoms with Gasteiger partial charge in [-0.25, -0.2) is 33.0 Å². The first kappa shape index (κ1) is 24.7. The minimum atomic E-state index is -1.28. The van der Waals surface area contributed by atoms with Gasteiger partial charge in [0.05, 0.1) is 24.7 Å². The Kier molecular flexibility index (Phi) is 7.83. The fraction of sp³-hybridized carbons (Fsp3) is 0.238. The minimum Gasteiger partial charge on any atom is -0.410 e. The number of nitro groups is 1. The summed E-state index contributed by atoms with van der Waals surface area (Å²) in [5.41, 5.74) is 0.271. The van der Waals surface area contributed by atoms with E-state index in [0.29, 0.717) is 4.90 Å². The van der Waals surface area contributed by atoms with E-state index in [0.717, 1.165) is 24.3 Å². The van der Waals surface area contributed by atoms with Crippen LogP contribution in [-0.2, 0) is 14.5 Å². The van der Waals surface area contributed by atoms with Crippen LogP contribution in [0.2, 0.25) is 0 Å². The highest BCUT2D eigenvalue weighted by atomic mass is 19.2. The molecular weight excluding hydrogens is 460 g/mol. The fourth-order valence-corrected chi connectivity index (χ4v) is 3.28. The van der Waals surface area contributed by atoms with E-state index in [-0.39, 0.29) is 41.5 Å². The van der Waals surface area contributed by atoms with Gasteiger partial charge in [-0.05, 0) is 29.8 Å². The molecule has 1 unspecified atom stereocenters. The maximum absolute atomic E-state index is 14.1. The van der Waals surface area contributed by atoms with Crippen molar-refractivity contribution in [3.05, 3.63) is 81.0 Å². The third-order valence-corrected chi connectivity index (χ3v) is 4.78. The van der Waals surface area contributed by atoms with Crippen LogP contribution in [0.15, 0.2) is 53.7 Å². The molecule has 0 aromatic heterocycles. The third-order valence-electron chi connectivity index (χ3n) is 4.78. The molecule has 1 N–H and O–H groups in total. The lowest BCUT2D eigenvalue weighted by Gasteiger charge is -2.36. The second-order valence-corrected chi connectivity index (χ2v) is 6.86. The Balaban J connectivity index is 2.04. The van der Waals surface area contributed by atoms with Gasteiger partial charge in [0.15, 0.2) is 11.6 Å². The second-order valence-electron chi connectivity index (χ2n) is 6.86. The number of rotatable bonds is 8. The van der Waals surface area contributed by atoms with Crippen molar-refractivity contribution in [3.8, 4) is 5.75 Å². The predicted molar refractivity (Wildman–Crippen MR) is 110 cm³/mol. The number of amides is 3. The Labute approximate surface area is 191 Å². The van der Waals surface area contributed by atoms with Gasteiger partial charge in [0.2, 0.25) is 0 Å². The summed E-state index contributed by atoms with van der Waals surface area (Å²) in [6.45, 7) is -0.375. The van der Waals surface area contributed by atoms with Crippen molar-refractivity contribution in [2.45, 2.75) is 6.04 Å². The van der Waals surface area contributed by atoms with Crippen molar-refractivity contribution in [2.75, 3.05) is 27.4 Å². The number of carbonyl (C=O) groups is 2. The van der Waals surface area contributed by atoms with Crippen molar-refractivity contribution in [1.29, 1.82) is 0 Å². The number of nitrogens with one attached hydrogen (secondary N) is 1. The zero-order valence-electron chi connectivity index (χ0n) is 17.9. The Bertz CT molecular complexity index is 1120. The molecular formula is C21H19F2N3O8. The molecule has 2 aromatic carbocycles. The summed E-state index contributed by atoms with van der Waals surface area (Å²) in [5.74, 6) is -2.42. The van der Waals surface area contributed by atoms with Crippen molar-refractivity contribution < 1.29 is 42.5 Å². The highest BCUT2D eigenvalue weighted by Crippen LogP contribution is 2.35. The average molecular weight is 479 g/mol. The van der Waals surface area contributed by atoms with Gasteiger partial charge in [0, 0.05) is 30.5 Å². The van der Waals surface area contributed by atoms with E-state index < -0.39 is 34.7 Å². The molecule has 0 spiro atoms. The van der Waals surface area contributed by atoms with Gasteiger partial charge >= 0.3 is 12.1 Å². The number of carbonyl (C=O) groups excluding carboxylic acids is 2. The largest absolute Gasteiger partial charge is 0.424 e. The van der Waals surface area contributed by atoms with Gasteiger partial charge in [-0.15, -0.1) is 0 Å². The number of nitrogens with zero attached hydrogens (tertiary/aromatic N) is 2. The predicted octanol–water partition coefficient (Wildman–Crippen LogP) is 3.62. The topological polar surface area (TPSA) is 129 Å². The molecule has 13 heteroatoms. The quantitative estimate of drug-likeness (QED) is 0.345. The fourth-order valence-electron chi connectivity index (χ4n) is 3.28. The van der Waals surface area contributed by atoms with Gasteiger partial charge in [-0.1, -0.05) is 6.07 Å². The number of imide groups is 1. The van der Waals surface area contributed by atoms with Crippen LogP contribution in [0, 0.1) is 21.7 Å². The summed E-state index contributed by atoms with van der Waals surface area (Å²) < 4.78 is 38.0. The Hall–Kier alpha value is -3.94. The molecule has 1 heterocycles.